The van der Waals surface area contributed by atoms with E-state index >= 15 is 0 Å². The average Bonchev–Trinajstić information content (AvgIpc) is 1.80. The molecular formula is C4H12N4O2S. The molecule has 0 rings (SSSR count). The van der Waals surface area contributed by atoms with Crippen molar-refractivity contribution in [2.24, 2.45) is 10.9 Å². The Kier molecular flexibility index (Phi) is 3.43. The standard InChI is InChI=1S/C4H12N4O2S/c1-2-3(4(5)6)8-11(7,9)10/h3,8H,2H2,1H3,(H3,5,6)(H2,7,9,10). The van der Waals surface area contributed by atoms with Gasteiger partial charge >= 0.3 is 0 Å². The molecule has 0 bridgehead atoms. The molecule has 0 aliphatic carbocycles. The van der Waals surface area contributed by atoms with Gasteiger partial charge in [-0.1, -0.05) is 6.92 Å². The molecule has 0 fully saturated rings. The maximum Gasteiger partial charge on any atom is 0.275 e. The highest BCUT2D eigenvalue weighted by molar-refractivity contribution is 7.87. The van der Waals surface area contributed by atoms with Crippen LogP contribution in [-0.2, 0) is 10.2 Å². The smallest absolute Gasteiger partial charge is 0.275 e. The van der Waals surface area contributed by atoms with Crippen molar-refractivity contribution in [3.8, 4) is 0 Å². The fourth-order valence-electron chi connectivity index (χ4n) is 0.565. The third kappa shape index (κ3) is 4.71. The van der Waals surface area contributed by atoms with Crippen LogP contribution >= 0.6 is 0 Å². The van der Waals surface area contributed by atoms with Crippen LogP contribution in [0.1, 0.15) is 13.3 Å². The Hall–Kier alpha value is -0.660. The third-order valence-electron chi connectivity index (χ3n) is 1.09. The van der Waals surface area contributed by atoms with E-state index in [0.29, 0.717) is 6.42 Å². The SMILES string of the molecule is CCC(NS(N)(=O)=O)C(=N)N. The summed E-state index contributed by atoms with van der Waals surface area (Å²) in [5.74, 6) is -0.235. The first-order chi connectivity index (χ1) is 4.87. The summed E-state index contributed by atoms with van der Waals surface area (Å²) < 4.78 is 22.8. The highest BCUT2D eigenvalue weighted by Gasteiger charge is 2.13. The van der Waals surface area contributed by atoms with Crippen molar-refractivity contribution in [2.45, 2.75) is 19.4 Å². The predicted octanol–water partition coefficient (Wildman–Crippen LogP) is -1.51. The van der Waals surface area contributed by atoms with Crippen LogP contribution < -0.4 is 15.6 Å². The van der Waals surface area contributed by atoms with Crippen LogP contribution in [0, 0.1) is 5.41 Å². The summed E-state index contributed by atoms with van der Waals surface area (Å²) in [6.07, 6.45) is 0.408. The minimum Gasteiger partial charge on any atom is -0.386 e. The van der Waals surface area contributed by atoms with E-state index in [0.717, 1.165) is 0 Å². The summed E-state index contributed by atoms with van der Waals surface area (Å²) in [7, 11) is -3.75. The van der Waals surface area contributed by atoms with Crippen molar-refractivity contribution >= 4 is 16.0 Å². The molecule has 0 radical (unpaired) electrons. The van der Waals surface area contributed by atoms with Gasteiger partial charge in [-0.3, -0.25) is 5.41 Å². The molecular weight excluding hydrogens is 168 g/mol. The topological polar surface area (TPSA) is 122 Å². The van der Waals surface area contributed by atoms with E-state index in [2.05, 4.69) is 5.14 Å². The maximum atomic E-state index is 10.4. The van der Waals surface area contributed by atoms with Gasteiger partial charge in [0.05, 0.1) is 6.04 Å². The average molecular weight is 180 g/mol. The summed E-state index contributed by atoms with van der Waals surface area (Å²) in [6, 6.07) is -0.690. The summed E-state index contributed by atoms with van der Waals surface area (Å²) in [5.41, 5.74) is 5.06. The van der Waals surface area contributed by atoms with Crippen molar-refractivity contribution in [1.29, 1.82) is 5.41 Å². The largest absolute Gasteiger partial charge is 0.386 e. The lowest BCUT2D eigenvalue weighted by atomic mass is 10.2. The number of nitrogens with one attached hydrogen (secondary N) is 2. The Morgan fingerprint density at radius 3 is 2.27 bits per heavy atom. The fourth-order valence-corrected chi connectivity index (χ4v) is 1.26. The van der Waals surface area contributed by atoms with Crippen LogP contribution in [0.4, 0.5) is 0 Å². The van der Waals surface area contributed by atoms with Gasteiger partial charge in [-0.05, 0) is 6.42 Å². The maximum absolute atomic E-state index is 10.4. The van der Waals surface area contributed by atoms with E-state index in [1.165, 1.54) is 0 Å². The Morgan fingerprint density at radius 1 is 1.73 bits per heavy atom. The van der Waals surface area contributed by atoms with Gasteiger partial charge in [0.25, 0.3) is 10.2 Å². The minimum atomic E-state index is -3.75. The van der Waals surface area contributed by atoms with Crippen molar-refractivity contribution in [1.82, 2.24) is 4.72 Å². The second kappa shape index (κ2) is 3.65. The molecule has 7 heteroatoms. The van der Waals surface area contributed by atoms with Crippen molar-refractivity contribution in [3.63, 3.8) is 0 Å². The van der Waals surface area contributed by atoms with Crippen LogP contribution in [-0.4, -0.2) is 20.3 Å². The molecule has 0 aliphatic rings. The Labute approximate surface area is 65.6 Å². The van der Waals surface area contributed by atoms with Crippen molar-refractivity contribution in [3.05, 3.63) is 0 Å². The first-order valence-corrected chi connectivity index (χ1v) is 4.55. The van der Waals surface area contributed by atoms with Crippen molar-refractivity contribution < 1.29 is 8.42 Å². The number of amidine groups is 1. The molecule has 11 heavy (non-hydrogen) atoms. The molecule has 0 saturated carbocycles. The molecule has 0 aromatic rings. The highest BCUT2D eigenvalue weighted by atomic mass is 32.2. The number of nitrogens with two attached hydrogens (primary N) is 2. The number of hydrogen-bond donors (Lipinski definition) is 4. The lowest BCUT2D eigenvalue weighted by molar-refractivity contribution is 0.573. The molecule has 0 amide bonds. The monoisotopic (exact) mass is 180 g/mol. The fraction of sp³-hybridized carbons (Fsp3) is 0.750. The van der Waals surface area contributed by atoms with E-state index < -0.39 is 16.3 Å². The Balaban J connectivity index is 4.22. The Bertz CT molecular complexity index is 234. The van der Waals surface area contributed by atoms with Crippen LogP contribution in [0.3, 0.4) is 0 Å². The van der Waals surface area contributed by atoms with Crippen LogP contribution in [0.25, 0.3) is 0 Å². The van der Waals surface area contributed by atoms with Crippen LogP contribution in [0.15, 0.2) is 0 Å². The van der Waals surface area contributed by atoms with Crippen LogP contribution in [0.5, 0.6) is 0 Å². The molecule has 0 aliphatic heterocycles. The lowest BCUT2D eigenvalue weighted by Crippen LogP contribution is -2.46. The normalized spacial score (nSPS) is 14.4. The second-order valence-corrected chi connectivity index (χ2v) is 3.40. The third-order valence-corrected chi connectivity index (χ3v) is 1.70. The summed E-state index contributed by atoms with van der Waals surface area (Å²) in [5, 5.41) is 11.6. The van der Waals surface area contributed by atoms with Gasteiger partial charge in [-0.2, -0.15) is 13.1 Å². The summed E-state index contributed by atoms with van der Waals surface area (Å²) in [4.78, 5) is 0. The number of hydrogen-bond acceptors (Lipinski definition) is 3. The van der Waals surface area contributed by atoms with Crippen LogP contribution in [0.2, 0.25) is 0 Å². The van der Waals surface area contributed by atoms with Crippen molar-refractivity contribution in [2.75, 3.05) is 0 Å². The van der Waals surface area contributed by atoms with Gasteiger partial charge in [0.2, 0.25) is 0 Å². The second-order valence-electron chi connectivity index (χ2n) is 2.08. The zero-order valence-corrected chi connectivity index (χ0v) is 6.98. The predicted molar refractivity (Wildman–Crippen MR) is 42.2 cm³/mol. The lowest BCUT2D eigenvalue weighted by Gasteiger charge is -2.12. The Morgan fingerprint density at radius 2 is 2.18 bits per heavy atom. The van der Waals surface area contributed by atoms with Gasteiger partial charge in [0, 0.05) is 0 Å². The molecule has 0 heterocycles. The van der Waals surface area contributed by atoms with E-state index in [9.17, 15) is 8.42 Å². The first-order valence-electron chi connectivity index (χ1n) is 3.00. The molecule has 0 spiro atoms. The number of rotatable bonds is 4. The van der Waals surface area contributed by atoms with Gasteiger partial charge in [0.1, 0.15) is 5.84 Å². The first kappa shape index (κ1) is 10.3. The summed E-state index contributed by atoms with van der Waals surface area (Å²) >= 11 is 0. The zero-order chi connectivity index (χ0) is 9.07. The van der Waals surface area contributed by atoms with E-state index in [4.69, 9.17) is 11.1 Å². The van der Waals surface area contributed by atoms with E-state index in [1.54, 1.807) is 6.92 Å². The molecule has 0 aromatic carbocycles. The molecule has 0 saturated heterocycles. The van der Waals surface area contributed by atoms with Gasteiger partial charge < -0.3 is 5.73 Å². The summed E-state index contributed by atoms with van der Waals surface area (Å²) in [6.45, 7) is 1.70. The quantitative estimate of drug-likeness (QED) is 0.311. The zero-order valence-electron chi connectivity index (χ0n) is 6.16. The van der Waals surface area contributed by atoms with Gasteiger partial charge in [-0.25, -0.2) is 5.14 Å². The molecule has 0 aromatic heterocycles. The molecule has 6 N–H and O–H groups in total. The molecule has 6 nitrogen and oxygen atoms in total. The van der Waals surface area contributed by atoms with E-state index in [1.807, 2.05) is 4.72 Å². The molecule has 1 atom stereocenters. The van der Waals surface area contributed by atoms with E-state index in [-0.39, 0.29) is 5.84 Å². The molecule has 1 unspecified atom stereocenters. The van der Waals surface area contributed by atoms with Gasteiger partial charge in [-0.15, -0.1) is 0 Å². The minimum absolute atomic E-state index is 0.235. The van der Waals surface area contributed by atoms with Gasteiger partial charge in [0.15, 0.2) is 0 Å². The highest BCUT2D eigenvalue weighted by Crippen LogP contribution is 1.89. The molecule has 66 valence electrons.